The molecular formula is C51H40. The molecule has 0 heterocycles. The summed E-state index contributed by atoms with van der Waals surface area (Å²) in [5.74, 6) is 0. The Hall–Kier alpha value is -5.72. The summed E-state index contributed by atoms with van der Waals surface area (Å²) in [7, 11) is 0. The van der Waals surface area contributed by atoms with Crippen LogP contribution in [0.25, 0.3) is 66.1 Å². The molecule has 51 heavy (non-hydrogen) atoms. The van der Waals surface area contributed by atoms with Crippen LogP contribution in [-0.2, 0) is 10.8 Å². The molecule has 8 aromatic rings. The van der Waals surface area contributed by atoms with E-state index >= 15 is 0 Å². The van der Waals surface area contributed by atoms with Gasteiger partial charge < -0.3 is 0 Å². The van der Waals surface area contributed by atoms with E-state index in [1.807, 2.05) is 0 Å². The molecule has 1 atom stereocenters. The van der Waals surface area contributed by atoms with E-state index in [1.54, 1.807) is 0 Å². The number of fused-ring (bicyclic) bond motifs is 8. The molecule has 0 radical (unpaired) electrons. The van der Waals surface area contributed by atoms with Crippen LogP contribution in [0.1, 0.15) is 59.7 Å². The van der Waals surface area contributed by atoms with Crippen LogP contribution in [0.2, 0.25) is 0 Å². The van der Waals surface area contributed by atoms with Gasteiger partial charge in [-0.05, 0) is 145 Å². The van der Waals surface area contributed by atoms with E-state index in [2.05, 4.69) is 186 Å². The van der Waals surface area contributed by atoms with Crippen molar-refractivity contribution in [1.29, 1.82) is 0 Å². The van der Waals surface area contributed by atoms with Crippen LogP contribution in [0.5, 0.6) is 0 Å². The molecule has 1 unspecified atom stereocenters. The first kappa shape index (κ1) is 30.1. The monoisotopic (exact) mass is 652 g/mol. The minimum Gasteiger partial charge on any atom is -0.0619 e. The normalized spacial score (nSPS) is 16.6. The summed E-state index contributed by atoms with van der Waals surface area (Å²) in [6, 6.07) is 57.9. The molecule has 0 fully saturated rings. The largest absolute Gasteiger partial charge is 0.0619 e. The average molecular weight is 653 g/mol. The number of hydrogen-bond acceptors (Lipinski definition) is 0. The first-order chi connectivity index (χ1) is 24.7. The standard InChI is InChI=1S/C51H40/c1-31-14-16-35-26-37(20-18-33(35)24-31)39-22-23-46-43(28-39)41-10-6-9-13-45(41)51(46,5)48-30-40(38-21-19-34-25-32(2)15-17-36(34)27-38)29-47-49(48)42-11-7-8-12-44(42)50(47,3)4/h6-30H,1-5H3. The Morgan fingerprint density at radius 1 is 0.333 bits per heavy atom. The van der Waals surface area contributed by atoms with Gasteiger partial charge in [0, 0.05) is 10.8 Å². The molecule has 2 aliphatic carbocycles. The first-order valence-electron chi connectivity index (χ1n) is 18.2. The van der Waals surface area contributed by atoms with E-state index in [9.17, 15) is 0 Å². The van der Waals surface area contributed by atoms with Gasteiger partial charge in [0.2, 0.25) is 0 Å². The minimum absolute atomic E-state index is 0.125. The lowest BCUT2D eigenvalue weighted by molar-refractivity contribution is 0.656. The molecule has 0 bridgehead atoms. The van der Waals surface area contributed by atoms with Crippen LogP contribution in [0, 0.1) is 13.8 Å². The van der Waals surface area contributed by atoms with Crippen LogP contribution in [0.4, 0.5) is 0 Å². The number of benzene rings is 8. The Morgan fingerprint density at radius 3 is 1.51 bits per heavy atom. The highest BCUT2D eigenvalue weighted by molar-refractivity contribution is 5.95. The molecule has 0 heteroatoms. The molecular weight excluding hydrogens is 613 g/mol. The van der Waals surface area contributed by atoms with E-state index in [1.165, 1.54) is 105 Å². The highest BCUT2D eigenvalue weighted by Gasteiger charge is 2.46. The fourth-order valence-corrected chi connectivity index (χ4v) is 9.44. The van der Waals surface area contributed by atoms with Gasteiger partial charge in [-0.15, -0.1) is 0 Å². The lowest BCUT2D eigenvalue weighted by Crippen LogP contribution is -2.24. The van der Waals surface area contributed by atoms with Crippen molar-refractivity contribution in [2.75, 3.05) is 0 Å². The third-order valence-corrected chi connectivity index (χ3v) is 12.2. The molecule has 0 amide bonds. The van der Waals surface area contributed by atoms with E-state index in [4.69, 9.17) is 0 Å². The van der Waals surface area contributed by atoms with Gasteiger partial charge in [-0.2, -0.15) is 0 Å². The third kappa shape index (κ3) is 4.33. The van der Waals surface area contributed by atoms with Crippen molar-refractivity contribution in [3.05, 3.63) is 191 Å². The Labute approximate surface area is 301 Å². The van der Waals surface area contributed by atoms with E-state index < -0.39 is 0 Å². The first-order valence-corrected chi connectivity index (χ1v) is 18.2. The van der Waals surface area contributed by atoms with Gasteiger partial charge >= 0.3 is 0 Å². The summed E-state index contributed by atoms with van der Waals surface area (Å²) in [5.41, 5.74) is 19.5. The zero-order valence-corrected chi connectivity index (χ0v) is 29.9. The lowest BCUT2D eigenvalue weighted by atomic mass is 9.70. The Kier molecular flexibility index (Phi) is 6.29. The fraction of sp³-hybridized carbons (Fsp3) is 0.137. The van der Waals surface area contributed by atoms with Gasteiger partial charge in [0.05, 0.1) is 0 Å². The maximum Gasteiger partial charge on any atom is 0.0442 e. The molecule has 0 N–H and O–H groups in total. The zero-order valence-electron chi connectivity index (χ0n) is 29.9. The maximum absolute atomic E-state index is 2.53. The molecule has 8 aromatic carbocycles. The second-order valence-electron chi connectivity index (χ2n) is 15.7. The topological polar surface area (TPSA) is 0 Å². The molecule has 0 aromatic heterocycles. The Balaban J connectivity index is 1.23. The maximum atomic E-state index is 2.53. The Bertz CT molecular complexity index is 2760. The van der Waals surface area contributed by atoms with Crippen molar-refractivity contribution in [3.8, 4) is 44.5 Å². The lowest BCUT2D eigenvalue weighted by Gasteiger charge is -2.32. The fourth-order valence-electron chi connectivity index (χ4n) is 9.44. The summed E-state index contributed by atoms with van der Waals surface area (Å²) in [5, 5.41) is 5.13. The van der Waals surface area contributed by atoms with E-state index in [0.717, 1.165) is 0 Å². The summed E-state index contributed by atoms with van der Waals surface area (Å²) in [6.07, 6.45) is 0. The molecule has 0 spiro atoms. The van der Waals surface area contributed by atoms with Crippen LogP contribution >= 0.6 is 0 Å². The summed E-state index contributed by atoms with van der Waals surface area (Å²) in [4.78, 5) is 0. The predicted octanol–water partition coefficient (Wildman–Crippen LogP) is 13.6. The van der Waals surface area contributed by atoms with Crippen LogP contribution in [0.15, 0.2) is 152 Å². The van der Waals surface area contributed by atoms with Gasteiger partial charge in [0.15, 0.2) is 0 Å². The summed E-state index contributed by atoms with van der Waals surface area (Å²) < 4.78 is 0. The molecule has 0 saturated carbocycles. The van der Waals surface area contributed by atoms with Crippen molar-refractivity contribution in [3.63, 3.8) is 0 Å². The van der Waals surface area contributed by atoms with Crippen molar-refractivity contribution in [1.82, 2.24) is 0 Å². The van der Waals surface area contributed by atoms with Gasteiger partial charge in [-0.1, -0.05) is 146 Å². The third-order valence-electron chi connectivity index (χ3n) is 12.2. The molecule has 0 aliphatic heterocycles. The second kappa shape index (κ2) is 10.6. The van der Waals surface area contributed by atoms with Crippen molar-refractivity contribution in [2.24, 2.45) is 0 Å². The quantitative estimate of drug-likeness (QED) is 0.178. The number of hydrogen-bond donors (Lipinski definition) is 0. The minimum atomic E-state index is -0.354. The molecule has 0 saturated heterocycles. The average Bonchev–Trinajstić information content (AvgIpc) is 3.55. The van der Waals surface area contributed by atoms with Crippen LogP contribution in [0.3, 0.4) is 0 Å². The SMILES string of the molecule is Cc1ccc2cc(-c3ccc4c(c3)-c3ccccc3C4(C)c3cc(-c4ccc5cc(C)ccc5c4)cc4c3-c3ccccc3C4(C)C)ccc2c1. The molecule has 10 rings (SSSR count). The number of rotatable bonds is 3. The van der Waals surface area contributed by atoms with Gasteiger partial charge in [-0.3, -0.25) is 0 Å². The molecule has 2 aliphatic rings. The highest BCUT2D eigenvalue weighted by Crippen LogP contribution is 2.59. The van der Waals surface area contributed by atoms with Crippen molar-refractivity contribution in [2.45, 2.75) is 45.4 Å². The van der Waals surface area contributed by atoms with Crippen LogP contribution in [-0.4, -0.2) is 0 Å². The summed E-state index contributed by atoms with van der Waals surface area (Å²) in [6.45, 7) is 11.6. The van der Waals surface area contributed by atoms with E-state index in [0.29, 0.717) is 0 Å². The summed E-state index contributed by atoms with van der Waals surface area (Å²) >= 11 is 0. The van der Waals surface area contributed by atoms with Crippen LogP contribution < -0.4 is 0 Å². The molecule has 0 nitrogen and oxygen atoms in total. The van der Waals surface area contributed by atoms with Gasteiger partial charge in [0.25, 0.3) is 0 Å². The zero-order chi connectivity index (χ0) is 34.6. The molecule has 244 valence electrons. The van der Waals surface area contributed by atoms with Gasteiger partial charge in [-0.25, -0.2) is 0 Å². The Morgan fingerprint density at radius 2 is 0.824 bits per heavy atom. The van der Waals surface area contributed by atoms with Gasteiger partial charge in [0.1, 0.15) is 0 Å². The number of aryl methyl sites for hydroxylation is 2. The second-order valence-corrected chi connectivity index (χ2v) is 15.7. The smallest absolute Gasteiger partial charge is 0.0442 e. The van der Waals surface area contributed by atoms with E-state index in [-0.39, 0.29) is 10.8 Å². The van der Waals surface area contributed by atoms with Crippen molar-refractivity contribution >= 4 is 21.5 Å². The predicted molar refractivity (Wildman–Crippen MR) is 217 cm³/mol. The highest BCUT2D eigenvalue weighted by atomic mass is 14.5. The van der Waals surface area contributed by atoms with Crippen molar-refractivity contribution < 1.29 is 0 Å².